The number of ketones is 1. The number of hydrogen-bond acceptors (Lipinski definition) is 4. The number of carbonyl (C=O) groups excluding carboxylic acids is 3. The molecule has 0 radical (unpaired) electrons. The number of alkyl halides is 3. The first-order valence-corrected chi connectivity index (χ1v) is 10.0. The van der Waals surface area contributed by atoms with Gasteiger partial charge >= 0.3 is 6.18 Å². The number of allylic oxidation sites excluding steroid dienone is 1. The van der Waals surface area contributed by atoms with Crippen molar-refractivity contribution >= 4 is 17.6 Å². The molecule has 2 aliphatic rings. The van der Waals surface area contributed by atoms with Gasteiger partial charge in [-0.05, 0) is 29.5 Å². The van der Waals surface area contributed by atoms with E-state index in [0.717, 1.165) is 11.2 Å². The molecule has 0 fully saturated rings. The molecule has 2 heterocycles. The number of benzene rings is 1. The molecule has 1 atom stereocenters. The number of furan rings is 1. The van der Waals surface area contributed by atoms with Crippen LogP contribution in [0, 0.1) is 5.41 Å². The zero-order valence-corrected chi connectivity index (χ0v) is 17.5. The van der Waals surface area contributed by atoms with Gasteiger partial charge in [-0.15, -0.1) is 0 Å². The summed E-state index contributed by atoms with van der Waals surface area (Å²) in [6, 6.07) is 11.0. The largest absolute Gasteiger partial charge is 0.459 e. The van der Waals surface area contributed by atoms with Gasteiger partial charge in [-0.2, -0.15) is 13.2 Å². The highest BCUT2D eigenvalue weighted by Gasteiger charge is 2.71. The molecule has 2 aromatic rings. The van der Waals surface area contributed by atoms with E-state index >= 15 is 0 Å². The number of amides is 2. The minimum absolute atomic E-state index is 0.00262. The normalized spacial score (nSPS) is 22.8. The number of carbonyl (C=O) groups is 3. The Kier molecular flexibility index (Phi) is 5.02. The average Bonchev–Trinajstić information content (AvgIpc) is 3.30. The van der Waals surface area contributed by atoms with Crippen LogP contribution in [0.2, 0.25) is 0 Å². The maximum Gasteiger partial charge on any atom is 0.425 e. The zero-order chi connectivity index (χ0) is 23.3. The molecule has 0 saturated heterocycles. The van der Waals surface area contributed by atoms with Gasteiger partial charge in [0.05, 0.1) is 18.4 Å². The summed E-state index contributed by atoms with van der Waals surface area (Å²) in [4.78, 5) is 40.1. The van der Waals surface area contributed by atoms with Gasteiger partial charge in [0.25, 0.3) is 11.8 Å². The Hall–Kier alpha value is -3.36. The molecule has 0 saturated carbocycles. The van der Waals surface area contributed by atoms with E-state index in [1.54, 1.807) is 44.2 Å². The number of nitrogens with one attached hydrogen (secondary N) is 1. The summed E-state index contributed by atoms with van der Waals surface area (Å²) in [6.45, 7) is 3.36. The van der Waals surface area contributed by atoms with Crippen molar-refractivity contribution in [2.75, 3.05) is 0 Å². The number of rotatable bonds is 4. The summed E-state index contributed by atoms with van der Waals surface area (Å²) in [6.07, 6.45) is -4.21. The second-order valence-corrected chi connectivity index (χ2v) is 8.82. The van der Waals surface area contributed by atoms with E-state index < -0.39 is 46.1 Å². The summed E-state index contributed by atoms with van der Waals surface area (Å²) in [5.74, 6) is -3.83. The first kappa shape index (κ1) is 21.9. The molecule has 1 aliphatic carbocycles. The van der Waals surface area contributed by atoms with E-state index in [1.807, 2.05) is 5.32 Å². The summed E-state index contributed by atoms with van der Waals surface area (Å²) in [5.41, 5.74) is -4.23. The molecule has 1 aliphatic heterocycles. The Balaban J connectivity index is 1.88. The molecule has 9 heteroatoms. The van der Waals surface area contributed by atoms with Crippen LogP contribution in [0.4, 0.5) is 13.2 Å². The van der Waals surface area contributed by atoms with Crippen molar-refractivity contribution in [2.45, 2.75) is 44.9 Å². The van der Waals surface area contributed by atoms with E-state index in [0.29, 0.717) is 5.56 Å². The van der Waals surface area contributed by atoms with Crippen LogP contribution in [-0.4, -0.2) is 34.2 Å². The minimum Gasteiger partial charge on any atom is -0.459 e. The minimum atomic E-state index is -5.25. The van der Waals surface area contributed by atoms with E-state index in [1.165, 1.54) is 12.1 Å². The molecule has 1 N–H and O–H groups in total. The van der Waals surface area contributed by atoms with Gasteiger partial charge in [-0.3, -0.25) is 14.4 Å². The fourth-order valence-electron chi connectivity index (χ4n) is 4.40. The van der Waals surface area contributed by atoms with Crippen LogP contribution in [-0.2, 0) is 16.1 Å². The molecular formula is C23H21F3N2O4. The molecule has 2 amide bonds. The number of nitrogens with zero attached hydrogens (tertiary/aromatic N) is 1. The number of halogens is 3. The van der Waals surface area contributed by atoms with Gasteiger partial charge in [-0.1, -0.05) is 44.2 Å². The van der Waals surface area contributed by atoms with Crippen LogP contribution in [0.3, 0.4) is 0 Å². The molecule has 4 rings (SSSR count). The maximum absolute atomic E-state index is 14.6. The van der Waals surface area contributed by atoms with Gasteiger partial charge in [0.2, 0.25) is 5.54 Å². The molecular weight excluding hydrogens is 425 g/mol. The SMILES string of the molecule is CC1(C)CC(=O)C2=C(C1)N(Cc1ccccc1)C(=O)C2(NC(=O)c1ccco1)C(F)(F)F. The van der Waals surface area contributed by atoms with Gasteiger partial charge in [0.1, 0.15) is 0 Å². The number of Topliss-reactive ketones (excluding diaryl/α,β-unsaturated/α-hetero) is 1. The standard InChI is InChI=1S/C23H21F3N2O4/c1-21(2)11-15-18(16(29)12-21)22(23(24,25)26,27-19(30)17-9-6-10-32-17)20(31)28(15)13-14-7-4-3-5-8-14/h3-10H,11-13H2,1-2H3,(H,27,30). The predicted octanol–water partition coefficient (Wildman–Crippen LogP) is 4.00. The quantitative estimate of drug-likeness (QED) is 0.770. The molecule has 168 valence electrons. The molecule has 32 heavy (non-hydrogen) atoms. The maximum atomic E-state index is 14.6. The summed E-state index contributed by atoms with van der Waals surface area (Å²) < 4.78 is 48.8. The Labute approximate surface area is 182 Å². The van der Waals surface area contributed by atoms with Crippen molar-refractivity contribution in [3.8, 4) is 0 Å². The summed E-state index contributed by atoms with van der Waals surface area (Å²) >= 11 is 0. The number of hydrogen-bond donors (Lipinski definition) is 1. The topological polar surface area (TPSA) is 79.6 Å². The fourth-order valence-corrected chi connectivity index (χ4v) is 4.40. The summed E-state index contributed by atoms with van der Waals surface area (Å²) in [7, 11) is 0. The Morgan fingerprint density at radius 1 is 1.09 bits per heavy atom. The van der Waals surface area contributed by atoms with Gasteiger partial charge in [-0.25, -0.2) is 0 Å². The third kappa shape index (κ3) is 3.41. The van der Waals surface area contributed by atoms with Gasteiger partial charge < -0.3 is 14.6 Å². The van der Waals surface area contributed by atoms with Crippen LogP contribution in [0.1, 0.15) is 42.8 Å². The molecule has 6 nitrogen and oxygen atoms in total. The monoisotopic (exact) mass is 446 g/mol. The van der Waals surface area contributed by atoms with Crippen LogP contribution >= 0.6 is 0 Å². The summed E-state index contributed by atoms with van der Waals surface area (Å²) in [5, 5.41) is 1.83. The zero-order valence-electron chi connectivity index (χ0n) is 17.5. The first-order chi connectivity index (χ1) is 15.0. The Morgan fingerprint density at radius 3 is 2.38 bits per heavy atom. The molecule has 1 aromatic heterocycles. The second-order valence-electron chi connectivity index (χ2n) is 8.82. The Bertz CT molecular complexity index is 1100. The highest BCUT2D eigenvalue weighted by molar-refractivity contribution is 6.14. The van der Waals surface area contributed by atoms with Crippen LogP contribution in [0.15, 0.2) is 64.4 Å². The fraction of sp³-hybridized carbons (Fsp3) is 0.348. The van der Waals surface area contributed by atoms with E-state index in [2.05, 4.69) is 0 Å². The lowest BCUT2D eigenvalue weighted by molar-refractivity contribution is -0.191. The average molecular weight is 446 g/mol. The van der Waals surface area contributed by atoms with Crippen LogP contribution in [0.25, 0.3) is 0 Å². The van der Waals surface area contributed by atoms with Crippen molar-refractivity contribution in [1.29, 1.82) is 0 Å². The van der Waals surface area contributed by atoms with Crippen molar-refractivity contribution < 1.29 is 32.0 Å². The highest BCUT2D eigenvalue weighted by Crippen LogP contribution is 2.52. The Morgan fingerprint density at radius 2 is 1.78 bits per heavy atom. The van der Waals surface area contributed by atoms with Crippen molar-refractivity contribution in [3.05, 3.63) is 71.3 Å². The molecule has 0 bridgehead atoms. The van der Waals surface area contributed by atoms with Crippen molar-refractivity contribution in [3.63, 3.8) is 0 Å². The first-order valence-electron chi connectivity index (χ1n) is 10.0. The van der Waals surface area contributed by atoms with E-state index in [9.17, 15) is 27.6 Å². The molecule has 1 aromatic carbocycles. The lowest BCUT2D eigenvalue weighted by Gasteiger charge is -2.35. The molecule has 1 unspecified atom stereocenters. The lowest BCUT2D eigenvalue weighted by atomic mass is 9.72. The van der Waals surface area contributed by atoms with Crippen molar-refractivity contribution in [1.82, 2.24) is 10.2 Å². The lowest BCUT2D eigenvalue weighted by Crippen LogP contribution is -2.66. The van der Waals surface area contributed by atoms with Gasteiger partial charge in [0, 0.05) is 12.1 Å². The second kappa shape index (κ2) is 7.36. The van der Waals surface area contributed by atoms with E-state index in [4.69, 9.17) is 4.42 Å². The smallest absolute Gasteiger partial charge is 0.425 e. The highest BCUT2D eigenvalue weighted by atomic mass is 19.4. The molecule has 0 spiro atoms. The predicted molar refractivity (Wildman–Crippen MR) is 107 cm³/mol. The van der Waals surface area contributed by atoms with Crippen LogP contribution in [0.5, 0.6) is 0 Å². The van der Waals surface area contributed by atoms with E-state index in [-0.39, 0.29) is 25.1 Å². The third-order valence-corrected chi connectivity index (χ3v) is 5.77. The van der Waals surface area contributed by atoms with Crippen molar-refractivity contribution in [2.24, 2.45) is 5.41 Å². The van der Waals surface area contributed by atoms with Crippen LogP contribution < -0.4 is 5.32 Å². The van der Waals surface area contributed by atoms with Gasteiger partial charge in [0.15, 0.2) is 11.5 Å². The third-order valence-electron chi connectivity index (χ3n) is 5.77.